The maximum absolute atomic E-state index is 2.81. The second-order valence-corrected chi connectivity index (χ2v) is 14.8. The van der Waals surface area contributed by atoms with Crippen molar-refractivity contribution in [1.29, 1.82) is 0 Å². The molecule has 0 spiro atoms. The summed E-state index contributed by atoms with van der Waals surface area (Å²) >= 11 is 0. The van der Waals surface area contributed by atoms with E-state index in [-0.39, 0.29) is 0 Å². The Morgan fingerprint density at radius 3 is 1.27 bits per heavy atom. The van der Waals surface area contributed by atoms with Gasteiger partial charge in [0.15, 0.2) is 0 Å². The minimum atomic E-state index is 1.01. The van der Waals surface area contributed by atoms with Crippen molar-refractivity contribution in [2.45, 2.75) is 130 Å². The number of hydrogen-bond donors (Lipinski definition) is 0. The predicted octanol–water partition coefficient (Wildman–Crippen LogP) is 9.77. The molecule has 6 aliphatic rings. The lowest BCUT2D eigenvalue weighted by Gasteiger charge is -2.60. The van der Waals surface area contributed by atoms with E-state index in [1.54, 1.807) is 103 Å². The van der Waals surface area contributed by atoms with Crippen LogP contribution in [0.1, 0.15) is 130 Å². The van der Waals surface area contributed by atoms with Gasteiger partial charge in [0.2, 0.25) is 0 Å². The monoisotopic (exact) mass is 452 g/mol. The zero-order chi connectivity index (χ0) is 22.5. The van der Waals surface area contributed by atoms with E-state index in [0.717, 1.165) is 76.9 Å². The molecule has 0 aromatic carbocycles. The highest BCUT2D eigenvalue weighted by molar-refractivity contribution is 5.04. The van der Waals surface area contributed by atoms with Crippen LogP contribution in [0.25, 0.3) is 0 Å². The summed E-state index contributed by atoms with van der Waals surface area (Å²) in [6.45, 7) is 8.17. The Bertz CT molecular complexity index is 644. The first-order chi connectivity index (χ1) is 16.1. The van der Waals surface area contributed by atoms with E-state index in [1.165, 1.54) is 6.42 Å². The molecule has 0 heterocycles. The molecule has 0 amide bonds. The largest absolute Gasteiger partial charge is 0.0625 e. The van der Waals surface area contributed by atoms with Crippen LogP contribution in [0.15, 0.2) is 0 Å². The van der Waals surface area contributed by atoms with E-state index < -0.39 is 0 Å². The van der Waals surface area contributed by atoms with Crippen LogP contribution in [0.5, 0.6) is 0 Å². The maximum Gasteiger partial charge on any atom is -0.0321 e. The first kappa shape index (κ1) is 23.4. The van der Waals surface area contributed by atoms with Crippen molar-refractivity contribution in [3.63, 3.8) is 0 Å². The minimum absolute atomic E-state index is 1.01. The quantitative estimate of drug-likeness (QED) is 0.399. The average molecular weight is 453 g/mol. The van der Waals surface area contributed by atoms with Crippen molar-refractivity contribution in [1.82, 2.24) is 0 Å². The molecular weight excluding hydrogens is 396 g/mol. The molecule has 188 valence electrons. The summed E-state index contributed by atoms with van der Waals surface area (Å²) in [6.07, 6.45) is 26.7. The topological polar surface area (TPSA) is 0 Å². The smallest absolute Gasteiger partial charge is 0.0321 e. The fourth-order valence-corrected chi connectivity index (χ4v) is 12.1. The SMILES string of the molecule is CC1CCC(C2CC3CCCCC3[C@H]([C@@H]3C(C)C(C4CCCC4)CC4CCCCC43)C2C)C1. The highest BCUT2D eigenvalue weighted by atomic mass is 14.6. The average Bonchev–Trinajstić information content (AvgIpc) is 3.51. The summed E-state index contributed by atoms with van der Waals surface area (Å²) in [7, 11) is 0. The molecule has 12 atom stereocenters. The fraction of sp³-hybridized carbons (Fsp3) is 1.00. The lowest BCUT2D eigenvalue weighted by molar-refractivity contribution is -0.111. The Balaban J connectivity index is 1.33. The van der Waals surface area contributed by atoms with Crippen LogP contribution in [-0.4, -0.2) is 0 Å². The van der Waals surface area contributed by atoms with E-state index in [4.69, 9.17) is 0 Å². The van der Waals surface area contributed by atoms with Crippen LogP contribution >= 0.6 is 0 Å². The van der Waals surface area contributed by atoms with Gasteiger partial charge in [-0.15, -0.1) is 0 Å². The molecule has 0 N–H and O–H groups in total. The molecule has 0 aromatic heterocycles. The van der Waals surface area contributed by atoms with E-state index in [1.807, 2.05) is 0 Å². The molecule has 0 radical (unpaired) electrons. The van der Waals surface area contributed by atoms with Crippen molar-refractivity contribution in [2.75, 3.05) is 0 Å². The van der Waals surface area contributed by atoms with Crippen LogP contribution in [0.4, 0.5) is 0 Å². The summed E-state index contributed by atoms with van der Waals surface area (Å²) in [4.78, 5) is 0. The Kier molecular flexibility index (Phi) is 6.95. The first-order valence-electron chi connectivity index (χ1n) is 16.1. The van der Waals surface area contributed by atoms with Crippen LogP contribution < -0.4 is 0 Å². The Labute approximate surface area is 206 Å². The molecular formula is C33H56. The molecule has 0 bridgehead atoms. The maximum atomic E-state index is 2.81. The second kappa shape index (κ2) is 9.81. The van der Waals surface area contributed by atoms with Gasteiger partial charge in [-0.1, -0.05) is 91.4 Å². The van der Waals surface area contributed by atoms with Gasteiger partial charge in [0.1, 0.15) is 0 Å². The molecule has 6 rings (SSSR count). The number of fused-ring (bicyclic) bond motifs is 2. The van der Waals surface area contributed by atoms with Crippen LogP contribution in [0.2, 0.25) is 0 Å². The predicted molar refractivity (Wildman–Crippen MR) is 141 cm³/mol. The van der Waals surface area contributed by atoms with E-state index in [0.29, 0.717) is 0 Å². The van der Waals surface area contributed by atoms with Gasteiger partial charge in [0.05, 0.1) is 0 Å². The van der Waals surface area contributed by atoms with Crippen molar-refractivity contribution in [3.8, 4) is 0 Å². The summed E-state index contributed by atoms with van der Waals surface area (Å²) in [5.41, 5.74) is 0. The zero-order valence-electron chi connectivity index (χ0n) is 22.5. The van der Waals surface area contributed by atoms with Gasteiger partial charge in [0, 0.05) is 0 Å². The van der Waals surface area contributed by atoms with Crippen LogP contribution in [-0.2, 0) is 0 Å². The molecule has 6 fully saturated rings. The van der Waals surface area contributed by atoms with E-state index in [2.05, 4.69) is 20.8 Å². The summed E-state index contributed by atoms with van der Waals surface area (Å²) in [6, 6.07) is 0. The lowest BCUT2D eigenvalue weighted by Crippen LogP contribution is -2.53. The van der Waals surface area contributed by atoms with Crippen molar-refractivity contribution >= 4 is 0 Å². The van der Waals surface area contributed by atoms with Crippen molar-refractivity contribution in [2.24, 2.45) is 76.9 Å². The van der Waals surface area contributed by atoms with Gasteiger partial charge in [0.25, 0.3) is 0 Å². The fourth-order valence-electron chi connectivity index (χ4n) is 12.1. The Morgan fingerprint density at radius 1 is 0.364 bits per heavy atom. The molecule has 0 nitrogen and oxygen atoms in total. The van der Waals surface area contributed by atoms with E-state index >= 15 is 0 Å². The van der Waals surface area contributed by atoms with Crippen molar-refractivity contribution < 1.29 is 0 Å². The first-order valence-corrected chi connectivity index (χ1v) is 16.1. The van der Waals surface area contributed by atoms with Gasteiger partial charge in [-0.25, -0.2) is 0 Å². The highest BCUT2D eigenvalue weighted by Gasteiger charge is 2.55. The van der Waals surface area contributed by atoms with Gasteiger partial charge in [-0.05, 0) is 115 Å². The summed E-state index contributed by atoms with van der Waals surface area (Å²) < 4.78 is 0. The standard InChI is InChI=1S/C33H56/c1-21-16-17-27(18-21)31-20-26-13-7-9-15-29(26)33(23(31)3)32-22(2)30(24-10-4-5-11-24)19-25-12-6-8-14-28(25)32/h21-33H,4-20H2,1-3H3/t21?,22?,23?,25?,26?,27?,28?,29?,30?,31?,32-,33-/m1/s1. The van der Waals surface area contributed by atoms with Gasteiger partial charge >= 0.3 is 0 Å². The molecule has 10 unspecified atom stereocenters. The normalized spacial score (nSPS) is 53.5. The summed E-state index contributed by atoms with van der Waals surface area (Å²) in [5.74, 6) is 13.9. The van der Waals surface area contributed by atoms with Gasteiger partial charge in [-0.3, -0.25) is 0 Å². The highest BCUT2D eigenvalue weighted by Crippen LogP contribution is 2.62. The number of hydrogen-bond acceptors (Lipinski definition) is 0. The Hall–Kier alpha value is 0. The minimum Gasteiger partial charge on any atom is -0.0625 e. The molecule has 6 aliphatic carbocycles. The molecule has 33 heavy (non-hydrogen) atoms. The molecule has 6 saturated carbocycles. The second-order valence-electron chi connectivity index (χ2n) is 14.8. The third-order valence-corrected chi connectivity index (χ3v) is 13.4. The van der Waals surface area contributed by atoms with Crippen LogP contribution in [0.3, 0.4) is 0 Å². The van der Waals surface area contributed by atoms with Crippen molar-refractivity contribution in [3.05, 3.63) is 0 Å². The third-order valence-electron chi connectivity index (χ3n) is 13.4. The van der Waals surface area contributed by atoms with E-state index in [9.17, 15) is 0 Å². The summed E-state index contributed by atoms with van der Waals surface area (Å²) in [5, 5.41) is 0. The molecule has 0 aliphatic heterocycles. The molecule has 0 aromatic rings. The third kappa shape index (κ3) is 4.28. The van der Waals surface area contributed by atoms with Gasteiger partial charge in [-0.2, -0.15) is 0 Å². The zero-order valence-corrected chi connectivity index (χ0v) is 22.5. The Morgan fingerprint density at radius 2 is 0.788 bits per heavy atom. The molecule has 0 heteroatoms. The van der Waals surface area contributed by atoms with Crippen LogP contribution in [0, 0.1) is 76.9 Å². The lowest BCUT2D eigenvalue weighted by atomic mass is 9.45. The number of rotatable bonds is 3. The molecule has 0 saturated heterocycles. The van der Waals surface area contributed by atoms with Gasteiger partial charge < -0.3 is 0 Å².